The molecule has 0 saturated carbocycles. The van der Waals surface area contributed by atoms with Crippen molar-refractivity contribution in [2.45, 2.75) is 13.8 Å². The third kappa shape index (κ3) is 2.30. The molecule has 3 aromatic rings. The van der Waals surface area contributed by atoms with Crippen molar-refractivity contribution >= 4 is 17.2 Å². The van der Waals surface area contributed by atoms with Gasteiger partial charge in [-0.3, -0.25) is 9.20 Å². The molecule has 0 saturated heterocycles. The van der Waals surface area contributed by atoms with Gasteiger partial charge in [0, 0.05) is 11.9 Å². The number of methoxy groups -OCH3 is 1. The first-order chi connectivity index (χ1) is 10.6. The highest BCUT2D eigenvalue weighted by Gasteiger charge is 2.19. The highest BCUT2D eigenvalue weighted by atomic mass is 16.5. The van der Waals surface area contributed by atoms with E-state index >= 15 is 0 Å². The number of carbonyl (C=O) groups excluding carboxylic acids is 1. The SMILES string of the molecule is COc1cccn2c(C(=O)Nc3ccccc3C)c(C)nc12. The summed E-state index contributed by atoms with van der Waals surface area (Å²) in [7, 11) is 1.59. The fourth-order valence-corrected chi connectivity index (χ4v) is 2.48. The van der Waals surface area contributed by atoms with Crippen molar-refractivity contribution in [3.8, 4) is 5.75 Å². The summed E-state index contributed by atoms with van der Waals surface area (Å²) in [5.41, 5.74) is 3.62. The number of nitrogens with zero attached hydrogens (tertiary/aromatic N) is 2. The minimum atomic E-state index is -0.187. The number of ether oxygens (including phenoxy) is 1. The molecule has 3 rings (SSSR count). The summed E-state index contributed by atoms with van der Waals surface area (Å²) in [5.74, 6) is 0.452. The maximum atomic E-state index is 12.6. The van der Waals surface area contributed by atoms with Crippen molar-refractivity contribution in [3.63, 3.8) is 0 Å². The molecule has 0 fully saturated rings. The van der Waals surface area contributed by atoms with E-state index in [-0.39, 0.29) is 5.91 Å². The summed E-state index contributed by atoms with van der Waals surface area (Å²) in [4.78, 5) is 17.1. The van der Waals surface area contributed by atoms with Gasteiger partial charge in [0.25, 0.3) is 5.91 Å². The van der Waals surface area contributed by atoms with E-state index < -0.39 is 0 Å². The Labute approximate surface area is 128 Å². The Kier molecular flexibility index (Phi) is 3.55. The predicted octanol–water partition coefficient (Wildman–Crippen LogP) is 3.21. The first-order valence-corrected chi connectivity index (χ1v) is 7.00. The summed E-state index contributed by atoms with van der Waals surface area (Å²) in [6.07, 6.45) is 1.81. The number of aromatic nitrogens is 2. The molecule has 0 bridgehead atoms. The number of carbonyl (C=O) groups is 1. The number of anilines is 1. The zero-order valence-electron chi connectivity index (χ0n) is 12.8. The predicted molar refractivity (Wildman–Crippen MR) is 85.6 cm³/mol. The average molecular weight is 295 g/mol. The second-order valence-corrected chi connectivity index (χ2v) is 5.09. The molecule has 0 atom stereocenters. The molecule has 5 heteroatoms. The van der Waals surface area contributed by atoms with Gasteiger partial charge < -0.3 is 10.1 Å². The van der Waals surface area contributed by atoms with Crippen LogP contribution in [0.15, 0.2) is 42.6 Å². The molecular formula is C17H17N3O2. The van der Waals surface area contributed by atoms with E-state index in [4.69, 9.17) is 4.74 Å². The third-order valence-electron chi connectivity index (χ3n) is 3.62. The monoisotopic (exact) mass is 295 g/mol. The fraction of sp³-hybridized carbons (Fsp3) is 0.176. The highest BCUT2D eigenvalue weighted by Crippen LogP contribution is 2.23. The van der Waals surface area contributed by atoms with Gasteiger partial charge in [-0.1, -0.05) is 18.2 Å². The van der Waals surface area contributed by atoms with Gasteiger partial charge in [-0.2, -0.15) is 0 Å². The molecule has 0 unspecified atom stereocenters. The van der Waals surface area contributed by atoms with Crippen molar-refractivity contribution < 1.29 is 9.53 Å². The second-order valence-electron chi connectivity index (χ2n) is 5.09. The minimum absolute atomic E-state index is 0.187. The van der Waals surface area contributed by atoms with Gasteiger partial charge in [-0.25, -0.2) is 4.98 Å². The Morgan fingerprint density at radius 2 is 1.95 bits per heavy atom. The van der Waals surface area contributed by atoms with Gasteiger partial charge >= 0.3 is 0 Å². The van der Waals surface area contributed by atoms with Crippen LogP contribution in [0.25, 0.3) is 5.65 Å². The van der Waals surface area contributed by atoms with E-state index in [1.165, 1.54) is 0 Å². The molecule has 0 aliphatic heterocycles. The second kappa shape index (κ2) is 5.52. The third-order valence-corrected chi connectivity index (χ3v) is 3.62. The van der Waals surface area contributed by atoms with Crippen molar-refractivity contribution in [3.05, 3.63) is 59.5 Å². The Bertz CT molecular complexity index is 852. The molecule has 0 aliphatic carbocycles. The lowest BCUT2D eigenvalue weighted by Crippen LogP contribution is -2.16. The van der Waals surface area contributed by atoms with Crippen LogP contribution in [0.4, 0.5) is 5.69 Å². The lowest BCUT2D eigenvalue weighted by molar-refractivity contribution is 0.102. The number of para-hydroxylation sites is 1. The van der Waals surface area contributed by atoms with Gasteiger partial charge in [0.15, 0.2) is 11.4 Å². The van der Waals surface area contributed by atoms with Crippen LogP contribution in [0, 0.1) is 13.8 Å². The highest BCUT2D eigenvalue weighted by molar-refractivity contribution is 6.05. The van der Waals surface area contributed by atoms with Gasteiger partial charge in [0.05, 0.1) is 12.8 Å². The van der Waals surface area contributed by atoms with Crippen LogP contribution >= 0.6 is 0 Å². The van der Waals surface area contributed by atoms with Crippen LogP contribution in [0.2, 0.25) is 0 Å². The summed E-state index contributed by atoms with van der Waals surface area (Å²) >= 11 is 0. The van der Waals surface area contributed by atoms with Crippen LogP contribution in [-0.2, 0) is 0 Å². The Hall–Kier alpha value is -2.82. The summed E-state index contributed by atoms with van der Waals surface area (Å²) in [6, 6.07) is 11.3. The number of hydrogen-bond acceptors (Lipinski definition) is 3. The van der Waals surface area contributed by atoms with E-state index in [0.29, 0.717) is 22.8 Å². The van der Waals surface area contributed by atoms with Crippen LogP contribution in [-0.4, -0.2) is 22.4 Å². The van der Waals surface area contributed by atoms with Gasteiger partial charge in [0.2, 0.25) is 0 Å². The number of aryl methyl sites for hydroxylation is 2. The summed E-state index contributed by atoms with van der Waals surface area (Å²) < 4.78 is 7.05. The van der Waals surface area contributed by atoms with E-state index in [0.717, 1.165) is 11.3 Å². The summed E-state index contributed by atoms with van der Waals surface area (Å²) in [5, 5.41) is 2.94. The maximum absolute atomic E-state index is 12.6. The quantitative estimate of drug-likeness (QED) is 0.807. The zero-order chi connectivity index (χ0) is 15.7. The standard InChI is InChI=1S/C17H17N3O2/c1-11-7-4-5-8-13(11)19-17(21)15-12(2)18-16-14(22-3)9-6-10-20(15)16/h4-10H,1-3H3,(H,19,21). The Morgan fingerprint density at radius 3 is 2.68 bits per heavy atom. The first-order valence-electron chi connectivity index (χ1n) is 7.00. The molecule has 22 heavy (non-hydrogen) atoms. The number of hydrogen-bond donors (Lipinski definition) is 1. The van der Waals surface area contributed by atoms with Crippen molar-refractivity contribution in [2.75, 3.05) is 12.4 Å². The number of rotatable bonds is 3. The van der Waals surface area contributed by atoms with Crippen molar-refractivity contribution in [2.24, 2.45) is 0 Å². The van der Waals surface area contributed by atoms with Crippen LogP contribution < -0.4 is 10.1 Å². The van der Waals surface area contributed by atoms with E-state index in [2.05, 4.69) is 10.3 Å². The summed E-state index contributed by atoms with van der Waals surface area (Å²) in [6.45, 7) is 3.78. The van der Waals surface area contributed by atoms with Crippen molar-refractivity contribution in [1.82, 2.24) is 9.38 Å². The van der Waals surface area contributed by atoms with E-state index in [1.807, 2.05) is 56.4 Å². The topological polar surface area (TPSA) is 55.6 Å². The van der Waals surface area contributed by atoms with Gasteiger partial charge in [0.1, 0.15) is 5.69 Å². The lowest BCUT2D eigenvalue weighted by Gasteiger charge is -2.09. The number of fused-ring (bicyclic) bond motifs is 1. The first kappa shape index (κ1) is 14.1. The van der Waals surface area contributed by atoms with Crippen LogP contribution in [0.3, 0.4) is 0 Å². The van der Waals surface area contributed by atoms with Gasteiger partial charge in [-0.05, 0) is 37.6 Å². The van der Waals surface area contributed by atoms with Crippen LogP contribution in [0.5, 0.6) is 5.75 Å². The molecule has 1 aromatic carbocycles. The van der Waals surface area contributed by atoms with Gasteiger partial charge in [-0.15, -0.1) is 0 Å². The average Bonchev–Trinajstić information content (AvgIpc) is 2.85. The molecule has 0 aliphatic rings. The Balaban J connectivity index is 2.05. The molecular weight excluding hydrogens is 278 g/mol. The molecule has 1 N–H and O–H groups in total. The van der Waals surface area contributed by atoms with Crippen LogP contribution in [0.1, 0.15) is 21.7 Å². The smallest absolute Gasteiger partial charge is 0.274 e. The van der Waals surface area contributed by atoms with Crippen molar-refractivity contribution in [1.29, 1.82) is 0 Å². The number of amides is 1. The molecule has 2 heterocycles. The molecule has 112 valence electrons. The van der Waals surface area contributed by atoms with E-state index in [1.54, 1.807) is 11.5 Å². The minimum Gasteiger partial charge on any atom is -0.493 e. The molecule has 5 nitrogen and oxygen atoms in total. The molecule has 0 spiro atoms. The number of imidazole rings is 1. The molecule has 0 radical (unpaired) electrons. The molecule has 1 amide bonds. The largest absolute Gasteiger partial charge is 0.493 e. The number of benzene rings is 1. The fourth-order valence-electron chi connectivity index (χ4n) is 2.48. The zero-order valence-corrected chi connectivity index (χ0v) is 12.8. The normalized spacial score (nSPS) is 10.7. The van der Waals surface area contributed by atoms with E-state index in [9.17, 15) is 4.79 Å². The molecule has 2 aromatic heterocycles. The lowest BCUT2D eigenvalue weighted by atomic mass is 10.2. The maximum Gasteiger partial charge on any atom is 0.274 e. The number of pyridine rings is 1. The number of nitrogens with one attached hydrogen (secondary N) is 1. The Morgan fingerprint density at radius 1 is 1.18 bits per heavy atom.